The van der Waals surface area contributed by atoms with E-state index in [9.17, 15) is 4.79 Å². The van der Waals surface area contributed by atoms with E-state index in [1.165, 1.54) is 5.56 Å². The third-order valence-corrected chi connectivity index (χ3v) is 6.26. The Morgan fingerprint density at radius 2 is 2.03 bits per heavy atom. The molecular weight excluding hydrogens is 376 g/mol. The van der Waals surface area contributed by atoms with Crippen molar-refractivity contribution in [3.8, 4) is 6.19 Å². The number of nitrogens with one attached hydrogen (secondary N) is 3. The zero-order chi connectivity index (χ0) is 21.4. The number of carbonyl (C=O) groups is 1. The van der Waals surface area contributed by atoms with E-state index in [0.29, 0.717) is 18.9 Å². The molecule has 1 unspecified atom stereocenters. The monoisotopic (exact) mass is 406 g/mol. The van der Waals surface area contributed by atoms with Crippen molar-refractivity contribution >= 4 is 18.1 Å². The lowest BCUT2D eigenvalue weighted by Crippen LogP contribution is -2.50. The predicted octanol–water partition coefficient (Wildman–Crippen LogP) is 2.62. The van der Waals surface area contributed by atoms with E-state index in [4.69, 9.17) is 5.26 Å². The summed E-state index contributed by atoms with van der Waals surface area (Å²) < 4.78 is 0. The van der Waals surface area contributed by atoms with E-state index in [0.717, 1.165) is 31.3 Å². The van der Waals surface area contributed by atoms with Crippen LogP contribution in [-0.4, -0.2) is 37.7 Å². The number of benzene rings is 1. The molecule has 1 aliphatic carbocycles. The Morgan fingerprint density at radius 3 is 2.67 bits per heavy atom. The van der Waals surface area contributed by atoms with Gasteiger partial charge in [-0.1, -0.05) is 30.3 Å². The van der Waals surface area contributed by atoms with E-state index >= 15 is 0 Å². The van der Waals surface area contributed by atoms with E-state index in [1.807, 2.05) is 25.4 Å². The second kappa shape index (κ2) is 10.1. The normalized spacial score (nSPS) is 26.3. The number of guanidine groups is 1. The Labute approximate surface area is 178 Å². The highest BCUT2D eigenvalue weighted by atomic mass is 16.1. The highest BCUT2D eigenvalue weighted by Crippen LogP contribution is 2.39. The molecule has 1 atom stereocenters. The summed E-state index contributed by atoms with van der Waals surface area (Å²) >= 11 is 0. The molecule has 158 valence electrons. The van der Waals surface area contributed by atoms with Crippen LogP contribution < -0.4 is 16.0 Å². The van der Waals surface area contributed by atoms with Crippen LogP contribution in [0.25, 0.3) is 0 Å². The van der Waals surface area contributed by atoms with Crippen LogP contribution >= 0.6 is 0 Å². The highest BCUT2D eigenvalue weighted by Gasteiger charge is 2.38. The van der Waals surface area contributed by atoms with Gasteiger partial charge in [0.05, 0.1) is 5.92 Å². The molecule has 3 N–H and O–H groups in total. The molecule has 1 aliphatic heterocycles. The maximum absolute atomic E-state index is 12.9. The minimum Gasteiger partial charge on any atom is -0.359 e. The van der Waals surface area contributed by atoms with Gasteiger partial charge in [-0.25, -0.2) is 0 Å². The summed E-state index contributed by atoms with van der Waals surface area (Å²) in [5.74, 6) is 0.446. The molecule has 1 saturated carbocycles. The van der Waals surface area contributed by atoms with Crippen LogP contribution in [0.5, 0.6) is 0 Å². The average Bonchev–Trinajstić information content (AvgIpc) is 2.79. The quantitative estimate of drug-likeness (QED) is 0.397. The summed E-state index contributed by atoms with van der Waals surface area (Å²) in [5, 5.41) is 18.3. The molecule has 0 aromatic heterocycles. The van der Waals surface area contributed by atoms with Crippen molar-refractivity contribution in [3.63, 3.8) is 0 Å². The molecule has 0 spiro atoms. The average molecular weight is 407 g/mol. The lowest BCUT2D eigenvalue weighted by molar-refractivity contribution is -0.124. The Hall–Kier alpha value is -3.14. The molecule has 1 fully saturated rings. The zero-order valence-corrected chi connectivity index (χ0v) is 17.7. The maximum atomic E-state index is 12.9. The van der Waals surface area contributed by atoms with Gasteiger partial charge in [0.15, 0.2) is 0 Å². The summed E-state index contributed by atoms with van der Waals surface area (Å²) in [5.41, 5.74) is 2.18. The van der Waals surface area contributed by atoms with Crippen LogP contribution in [0.3, 0.4) is 0 Å². The number of amides is 1. The number of nitriles is 1. The smallest absolute Gasteiger partial charge is 0.227 e. The van der Waals surface area contributed by atoms with Crippen molar-refractivity contribution in [2.45, 2.75) is 50.5 Å². The summed E-state index contributed by atoms with van der Waals surface area (Å²) in [6.45, 7) is 2.58. The van der Waals surface area contributed by atoms with Gasteiger partial charge < -0.3 is 16.0 Å². The number of aliphatic imine (C=N–C) groups is 2. The van der Waals surface area contributed by atoms with Crippen molar-refractivity contribution in [2.24, 2.45) is 15.9 Å². The molecule has 3 rings (SSSR count). The fraction of sp³-hybridized carbons (Fsp3) is 0.478. The number of nitrogens with zero attached hydrogens (tertiary/aromatic N) is 3. The van der Waals surface area contributed by atoms with Crippen molar-refractivity contribution in [3.05, 3.63) is 47.7 Å². The first-order chi connectivity index (χ1) is 14.6. The highest BCUT2D eigenvalue weighted by molar-refractivity contribution is 5.85. The van der Waals surface area contributed by atoms with Crippen molar-refractivity contribution in [1.82, 2.24) is 16.0 Å². The first-order valence-electron chi connectivity index (χ1n) is 10.5. The molecule has 0 bridgehead atoms. The van der Waals surface area contributed by atoms with Gasteiger partial charge >= 0.3 is 0 Å². The molecule has 1 aromatic rings. The molecule has 1 aromatic carbocycles. The van der Waals surface area contributed by atoms with Crippen molar-refractivity contribution in [1.29, 1.82) is 5.26 Å². The first-order valence-corrected chi connectivity index (χ1v) is 10.5. The summed E-state index contributed by atoms with van der Waals surface area (Å²) in [6, 6.07) is 10.7. The summed E-state index contributed by atoms with van der Waals surface area (Å²) in [7, 11) is 1.75. The van der Waals surface area contributed by atoms with Gasteiger partial charge in [0.1, 0.15) is 0 Å². The second-order valence-corrected chi connectivity index (χ2v) is 8.09. The minimum absolute atomic E-state index is 0.0732. The van der Waals surface area contributed by atoms with Crippen LogP contribution in [0.1, 0.15) is 44.6 Å². The van der Waals surface area contributed by atoms with E-state index in [1.54, 1.807) is 13.2 Å². The Balaban J connectivity index is 1.69. The van der Waals surface area contributed by atoms with Gasteiger partial charge in [0.25, 0.3) is 0 Å². The van der Waals surface area contributed by atoms with Crippen LogP contribution in [-0.2, 0) is 10.2 Å². The summed E-state index contributed by atoms with van der Waals surface area (Å²) in [4.78, 5) is 20.8. The Bertz CT molecular complexity index is 859. The third-order valence-electron chi connectivity index (χ3n) is 6.26. The van der Waals surface area contributed by atoms with E-state index in [2.05, 4.69) is 50.2 Å². The number of hydrogen-bond acceptors (Lipinski definition) is 4. The molecule has 2 aliphatic rings. The standard InChI is InChI=1S/C23H30N6O/c1-17-14-26-13-10-20(17)21(30)27-15-23(18-6-4-3-5-7-18)11-8-19(9-12-23)29-22(25-2)28-16-24/h3-7,13-14,19-20H,8-12,15H2,1-2H3,(H,27,30)(H2,25,28,29)/t19-,20?,23-. The molecule has 1 amide bonds. The van der Waals surface area contributed by atoms with Gasteiger partial charge in [-0.2, -0.15) is 5.26 Å². The summed E-state index contributed by atoms with van der Waals surface area (Å²) in [6.07, 6.45) is 9.82. The van der Waals surface area contributed by atoms with Crippen molar-refractivity contribution < 1.29 is 4.79 Å². The second-order valence-electron chi connectivity index (χ2n) is 8.09. The third kappa shape index (κ3) is 5.07. The van der Waals surface area contributed by atoms with Crippen LogP contribution in [0.2, 0.25) is 0 Å². The van der Waals surface area contributed by atoms with Gasteiger partial charge in [-0.3, -0.25) is 9.79 Å². The van der Waals surface area contributed by atoms with Gasteiger partial charge in [0, 0.05) is 37.5 Å². The topological polar surface area (TPSA) is 102 Å². The zero-order valence-electron chi connectivity index (χ0n) is 17.7. The van der Waals surface area contributed by atoms with Gasteiger partial charge in [-0.05, 0) is 50.2 Å². The molecule has 0 saturated heterocycles. The van der Waals surface area contributed by atoms with Crippen molar-refractivity contribution in [2.75, 3.05) is 13.6 Å². The molecular formula is C23H30N6O. The van der Waals surface area contributed by atoms with E-state index < -0.39 is 0 Å². The molecule has 30 heavy (non-hydrogen) atoms. The predicted molar refractivity (Wildman–Crippen MR) is 119 cm³/mol. The molecule has 1 heterocycles. The lowest BCUT2D eigenvalue weighted by Gasteiger charge is -2.41. The van der Waals surface area contributed by atoms with Crippen LogP contribution in [0.15, 0.2) is 52.1 Å². The first kappa shape index (κ1) is 21.6. The van der Waals surface area contributed by atoms with Gasteiger partial charge in [-0.15, -0.1) is 4.99 Å². The molecule has 0 radical (unpaired) electrons. The molecule has 7 nitrogen and oxygen atoms in total. The fourth-order valence-electron chi connectivity index (χ4n) is 4.38. The lowest BCUT2D eigenvalue weighted by atomic mass is 9.68. The van der Waals surface area contributed by atoms with E-state index in [-0.39, 0.29) is 23.3 Å². The van der Waals surface area contributed by atoms with Gasteiger partial charge in [0.2, 0.25) is 18.1 Å². The maximum Gasteiger partial charge on any atom is 0.227 e. The Kier molecular flexibility index (Phi) is 7.23. The van der Waals surface area contributed by atoms with Crippen LogP contribution in [0, 0.1) is 17.4 Å². The fourth-order valence-corrected chi connectivity index (χ4v) is 4.38. The largest absolute Gasteiger partial charge is 0.359 e. The number of hydrogen-bond donors (Lipinski definition) is 3. The number of rotatable bonds is 5. The van der Waals surface area contributed by atoms with Crippen LogP contribution in [0.4, 0.5) is 0 Å². The molecule has 7 heteroatoms. The SMILES string of the molecule is CN/C(=N\C#N)N[C@H]1CC[C@](CNC(=O)C2CC=NC=C2C)(c2ccccc2)CC1. The minimum atomic E-state index is -0.131. The number of carbonyl (C=O) groups excluding carboxylic acids is 1. The Morgan fingerprint density at radius 1 is 1.30 bits per heavy atom.